The van der Waals surface area contributed by atoms with Gasteiger partial charge in [0, 0.05) is 13.2 Å². The van der Waals surface area contributed by atoms with Crippen LogP contribution in [-0.4, -0.2) is 32.8 Å². The fourth-order valence-electron chi connectivity index (χ4n) is 2.04. The molecule has 0 bridgehead atoms. The Hall–Kier alpha value is -0.120. The van der Waals surface area contributed by atoms with Crippen LogP contribution >= 0.6 is 0 Å². The Kier molecular flexibility index (Phi) is 6.98. The van der Waals surface area contributed by atoms with Gasteiger partial charge >= 0.3 is 0 Å². The lowest BCUT2D eigenvalue weighted by Gasteiger charge is -2.22. The Balaban J connectivity index is 1.95. The van der Waals surface area contributed by atoms with Crippen molar-refractivity contribution >= 4 is 0 Å². The van der Waals surface area contributed by atoms with Gasteiger partial charge < -0.3 is 15.8 Å². The Morgan fingerprint density at radius 2 is 2.13 bits per heavy atom. The molecular formula is C12H26N2O. The molecule has 0 spiro atoms. The van der Waals surface area contributed by atoms with Gasteiger partial charge in [0.15, 0.2) is 0 Å². The van der Waals surface area contributed by atoms with E-state index in [1.54, 1.807) is 0 Å². The van der Waals surface area contributed by atoms with Crippen molar-refractivity contribution in [1.82, 2.24) is 5.32 Å². The average molecular weight is 214 g/mol. The maximum Gasteiger partial charge on any atom is 0.0468 e. The van der Waals surface area contributed by atoms with Gasteiger partial charge in [0.1, 0.15) is 0 Å². The normalized spacial score (nSPS) is 20.4. The highest BCUT2D eigenvalue weighted by Crippen LogP contribution is 2.17. The third kappa shape index (κ3) is 5.50. The Morgan fingerprint density at radius 1 is 1.40 bits per heavy atom. The number of nitrogens with one attached hydrogen (secondary N) is 1. The van der Waals surface area contributed by atoms with Crippen LogP contribution in [0, 0.1) is 11.8 Å². The third-order valence-electron chi connectivity index (χ3n) is 3.41. The van der Waals surface area contributed by atoms with Crippen LogP contribution in [-0.2, 0) is 4.74 Å². The molecule has 90 valence electrons. The van der Waals surface area contributed by atoms with Gasteiger partial charge in [-0.2, -0.15) is 0 Å². The molecule has 1 fully saturated rings. The molecule has 0 saturated carbocycles. The zero-order chi connectivity index (χ0) is 10.9. The number of ether oxygens (including phenoxy) is 1. The average Bonchev–Trinajstić information content (AvgIpc) is 2.31. The topological polar surface area (TPSA) is 47.3 Å². The van der Waals surface area contributed by atoms with Crippen LogP contribution in [0.25, 0.3) is 0 Å². The standard InChI is InChI=1S/C12H26N2O/c1-2-11(9-13)10-14-6-3-12-4-7-15-8-5-12/h11-12,14H,2-10,13H2,1H3. The van der Waals surface area contributed by atoms with E-state index in [2.05, 4.69) is 12.2 Å². The Labute approximate surface area is 93.8 Å². The second-order valence-electron chi connectivity index (χ2n) is 4.56. The molecule has 0 aromatic heterocycles. The van der Waals surface area contributed by atoms with Crippen LogP contribution in [0.3, 0.4) is 0 Å². The van der Waals surface area contributed by atoms with Gasteiger partial charge in [-0.1, -0.05) is 13.3 Å². The summed E-state index contributed by atoms with van der Waals surface area (Å²) >= 11 is 0. The molecule has 0 amide bonds. The summed E-state index contributed by atoms with van der Waals surface area (Å²) in [6.45, 7) is 7.16. The molecule has 1 heterocycles. The van der Waals surface area contributed by atoms with Crippen LogP contribution < -0.4 is 11.1 Å². The molecular weight excluding hydrogens is 188 g/mol. The van der Waals surface area contributed by atoms with Gasteiger partial charge in [-0.3, -0.25) is 0 Å². The molecule has 1 unspecified atom stereocenters. The number of hydrogen-bond acceptors (Lipinski definition) is 3. The molecule has 1 aliphatic rings. The first-order valence-electron chi connectivity index (χ1n) is 6.35. The lowest BCUT2D eigenvalue weighted by Crippen LogP contribution is -2.30. The summed E-state index contributed by atoms with van der Waals surface area (Å²) in [4.78, 5) is 0. The van der Waals surface area contributed by atoms with Gasteiger partial charge in [0.2, 0.25) is 0 Å². The predicted octanol–water partition coefficient (Wildman–Crippen LogP) is 1.38. The SMILES string of the molecule is CCC(CN)CNCCC1CCOCC1. The van der Waals surface area contributed by atoms with Crippen molar-refractivity contribution in [2.75, 3.05) is 32.8 Å². The van der Waals surface area contributed by atoms with E-state index in [0.717, 1.165) is 38.8 Å². The third-order valence-corrected chi connectivity index (χ3v) is 3.41. The molecule has 0 aromatic carbocycles. The molecule has 0 aromatic rings. The lowest BCUT2D eigenvalue weighted by molar-refractivity contribution is 0.0639. The Bertz CT molecular complexity index is 143. The van der Waals surface area contributed by atoms with Crippen LogP contribution in [0.2, 0.25) is 0 Å². The molecule has 3 N–H and O–H groups in total. The van der Waals surface area contributed by atoms with Crippen LogP contribution in [0.15, 0.2) is 0 Å². The first kappa shape index (κ1) is 12.9. The highest BCUT2D eigenvalue weighted by molar-refractivity contribution is 4.66. The summed E-state index contributed by atoms with van der Waals surface area (Å²) in [5, 5.41) is 3.51. The summed E-state index contributed by atoms with van der Waals surface area (Å²) in [5.74, 6) is 1.53. The summed E-state index contributed by atoms with van der Waals surface area (Å²) in [6.07, 6.45) is 4.97. The molecule has 1 saturated heterocycles. The molecule has 15 heavy (non-hydrogen) atoms. The minimum Gasteiger partial charge on any atom is -0.381 e. The van der Waals surface area contributed by atoms with Crippen molar-refractivity contribution in [1.29, 1.82) is 0 Å². The quantitative estimate of drug-likeness (QED) is 0.629. The van der Waals surface area contributed by atoms with Crippen molar-refractivity contribution in [2.45, 2.75) is 32.6 Å². The van der Waals surface area contributed by atoms with Gasteiger partial charge in [0.05, 0.1) is 0 Å². The second-order valence-corrected chi connectivity index (χ2v) is 4.56. The van der Waals surface area contributed by atoms with E-state index in [-0.39, 0.29) is 0 Å². The minimum atomic E-state index is 0.652. The summed E-state index contributed by atoms with van der Waals surface area (Å²) in [6, 6.07) is 0. The monoisotopic (exact) mass is 214 g/mol. The van der Waals surface area contributed by atoms with E-state index >= 15 is 0 Å². The number of nitrogens with two attached hydrogens (primary N) is 1. The summed E-state index contributed by atoms with van der Waals surface area (Å²) in [7, 11) is 0. The smallest absolute Gasteiger partial charge is 0.0468 e. The zero-order valence-corrected chi connectivity index (χ0v) is 10.0. The van der Waals surface area contributed by atoms with Crippen molar-refractivity contribution in [2.24, 2.45) is 17.6 Å². The molecule has 1 rings (SSSR count). The molecule has 0 aliphatic carbocycles. The van der Waals surface area contributed by atoms with Crippen molar-refractivity contribution in [3.63, 3.8) is 0 Å². The first-order chi connectivity index (χ1) is 7.36. The van der Waals surface area contributed by atoms with E-state index in [9.17, 15) is 0 Å². The van der Waals surface area contributed by atoms with Gasteiger partial charge in [0.25, 0.3) is 0 Å². The maximum absolute atomic E-state index is 5.65. The van der Waals surface area contributed by atoms with E-state index in [0.29, 0.717) is 5.92 Å². The Morgan fingerprint density at radius 3 is 2.73 bits per heavy atom. The van der Waals surface area contributed by atoms with Gasteiger partial charge in [-0.25, -0.2) is 0 Å². The molecule has 1 atom stereocenters. The largest absolute Gasteiger partial charge is 0.381 e. The fraction of sp³-hybridized carbons (Fsp3) is 1.00. The number of hydrogen-bond donors (Lipinski definition) is 2. The maximum atomic E-state index is 5.65. The highest BCUT2D eigenvalue weighted by atomic mass is 16.5. The van der Waals surface area contributed by atoms with Crippen molar-refractivity contribution in [3.8, 4) is 0 Å². The second kappa shape index (κ2) is 8.08. The fourth-order valence-corrected chi connectivity index (χ4v) is 2.04. The molecule has 3 heteroatoms. The van der Waals surface area contributed by atoms with E-state index in [1.807, 2.05) is 0 Å². The van der Waals surface area contributed by atoms with E-state index in [4.69, 9.17) is 10.5 Å². The summed E-state index contributed by atoms with van der Waals surface area (Å²) < 4.78 is 5.34. The van der Waals surface area contributed by atoms with Crippen LogP contribution in [0.1, 0.15) is 32.6 Å². The highest BCUT2D eigenvalue weighted by Gasteiger charge is 2.13. The van der Waals surface area contributed by atoms with E-state index in [1.165, 1.54) is 25.7 Å². The lowest BCUT2D eigenvalue weighted by atomic mass is 9.96. The van der Waals surface area contributed by atoms with Crippen molar-refractivity contribution in [3.05, 3.63) is 0 Å². The van der Waals surface area contributed by atoms with Gasteiger partial charge in [-0.15, -0.1) is 0 Å². The van der Waals surface area contributed by atoms with Crippen LogP contribution in [0.4, 0.5) is 0 Å². The van der Waals surface area contributed by atoms with Crippen molar-refractivity contribution < 1.29 is 4.74 Å². The molecule has 0 radical (unpaired) electrons. The summed E-state index contributed by atoms with van der Waals surface area (Å²) in [5.41, 5.74) is 5.65. The van der Waals surface area contributed by atoms with E-state index < -0.39 is 0 Å². The van der Waals surface area contributed by atoms with Gasteiger partial charge in [-0.05, 0) is 50.7 Å². The predicted molar refractivity (Wildman–Crippen MR) is 63.9 cm³/mol. The molecule has 3 nitrogen and oxygen atoms in total. The number of rotatable bonds is 7. The van der Waals surface area contributed by atoms with Crippen LogP contribution in [0.5, 0.6) is 0 Å². The first-order valence-corrected chi connectivity index (χ1v) is 6.35. The molecule has 1 aliphatic heterocycles. The minimum absolute atomic E-state index is 0.652. The zero-order valence-electron chi connectivity index (χ0n) is 10.0.